The molecular formula is C16H25N3O. The van der Waals surface area contributed by atoms with Crippen LogP contribution in [0.4, 0.5) is 0 Å². The van der Waals surface area contributed by atoms with E-state index in [2.05, 4.69) is 23.0 Å². The minimum atomic E-state index is 0.223. The standard InChI is InChI=1S/C16H25N3O/c1-13-6-11-18(12-7-13)16(20)15-3-2-10-19(15)14-4-8-17-9-5-14/h2-3,10,13-14,17H,4-9,11-12H2,1H3. The van der Waals surface area contributed by atoms with Crippen molar-refractivity contribution in [2.75, 3.05) is 26.2 Å². The zero-order chi connectivity index (χ0) is 13.9. The Kier molecular flexibility index (Phi) is 4.10. The lowest BCUT2D eigenvalue weighted by Gasteiger charge is -2.32. The molecule has 1 aromatic rings. The second-order valence-corrected chi connectivity index (χ2v) is 6.26. The summed E-state index contributed by atoms with van der Waals surface area (Å²) in [6, 6.07) is 4.48. The normalized spacial score (nSPS) is 22.1. The van der Waals surface area contributed by atoms with Crippen molar-refractivity contribution in [1.29, 1.82) is 0 Å². The van der Waals surface area contributed by atoms with Crippen LogP contribution in [0.15, 0.2) is 18.3 Å². The van der Waals surface area contributed by atoms with E-state index in [0.29, 0.717) is 6.04 Å². The highest BCUT2D eigenvalue weighted by Gasteiger charge is 2.25. The lowest BCUT2D eigenvalue weighted by molar-refractivity contribution is 0.0682. The summed E-state index contributed by atoms with van der Waals surface area (Å²) in [5, 5.41) is 3.38. The van der Waals surface area contributed by atoms with Crippen LogP contribution < -0.4 is 5.32 Å². The first-order chi connectivity index (χ1) is 9.75. The maximum absolute atomic E-state index is 12.7. The van der Waals surface area contributed by atoms with Gasteiger partial charge < -0.3 is 14.8 Å². The fourth-order valence-electron chi connectivity index (χ4n) is 3.35. The Morgan fingerprint density at radius 3 is 2.60 bits per heavy atom. The van der Waals surface area contributed by atoms with E-state index in [1.807, 2.05) is 17.0 Å². The maximum atomic E-state index is 12.7. The van der Waals surface area contributed by atoms with Crippen molar-refractivity contribution in [1.82, 2.24) is 14.8 Å². The van der Waals surface area contributed by atoms with E-state index in [4.69, 9.17) is 0 Å². The smallest absolute Gasteiger partial charge is 0.270 e. The number of likely N-dealkylation sites (tertiary alicyclic amines) is 1. The molecule has 3 rings (SSSR count). The summed E-state index contributed by atoms with van der Waals surface area (Å²) in [5.74, 6) is 0.982. The molecular weight excluding hydrogens is 250 g/mol. The molecule has 0 aliphatic carbocycles. The van der Waals surface area contributed by atoms with Crippen LogP contribution in [0, 0.1) is 5.92 Å². The third kappa shape index (κ3) is 2.75. The fraction of sp³-hybridized carbons (Fsp3) is 0.688. The van der Waals surface area contributed by atoms with Gasteiger partial charge in [-0.15, -0.1) is 0 Å². The van der Waals surface area contributed by atoms with Crippen molar-refractivity contribution in [2.45, 2.75) is 38.6 Å². The number of nitrogens with zero attached hydrogens (tertiary/aromatic N) is 2. The molecule has 4 nitrogen and oxygen atoms in total. The van der Waals surface area contributed by atoms with Gasteiger partial charge in [-0.3, -0.25) is 4.79 Å². The van der Waals surface area contributed by atoms with Gasteiger partial charge in [0.25, 0.3) is 5.91 Å². The van der Waals surface area contributed by atoms with Crippen LogP contribution in [-0.2, 0) is 0 Å². The lowest BCUT2D eigenvalue weighted by Crippen LogP contribution is -2.39. The maximum Gasteiger partial charge on any atom is 0.270 e. The molecule has 1 N–H and O–H groups in total. The summed E-state index contributed by atoms with van der Waals surface area (Å²) in [4.78, 5) is 14.8. The number of carbonyl (C=O) groups excluding carboxylic acids is 1. The molecule has 0 spiro atoms. The third-order valence-electron chi connectivity index (χ3n) is 4.77. The third-order valence-corrected chi connectivity index (χ3v) is 4.77. The average molecular weight is 275 g/mol. The first kappa shape index (κ1) is 13.7. The fourth-order valence-corrected chi connectivity index (χ4v) is 3.35. The zero-order valence-corrected chi connectivity index (χ0v) is 12.3. The highest BCUT2D eigenvalue weighted by Crippen LogP contribution is 2.24. The number of rotatable bonds is 2. The Hall–Kier alpha value is -1.29. The number of aromatic nitrogens is 1. The molecule has 3 heterocycles. The van der Waals surface area contributed by atoms with Crippen molar-refractivity contribution < 1.29 is 4.79 Å². The number of piperidine rings is 2. The predicted octanol–water partition coefficient (Wildman–Crippen LogP) is 2.28. The number of hydrogen-bond acceptors (Lipinski definition) is 2. The van der Waals surface area contributed by atoms with Gasteiger partial charge in [-0.1, -0.05) is 6.92 Å². The van der Waals surface area contributed by atoms with Crippen LogP contribution in [0.2, 0.25) is 0 Å². The molecule has 2 fully saturated rings. The monoisotopic (exact) mass is 275 g/mol. The minimum Gasteiger partial charge on any atom is -0.340 e. The molecule has 0 aromatic carbocycles. The Morgan fingerprint density at radius 2 is 1.90 bits per heavy atom. The van der Waals surface area contributed by atoms with Crippen LogP contribution in [0.3, 0.4) is 0 Å². The van der Waals surface area contributed by atoms with E-state index in [0.717, 1.165) is 63.5 Å². The molecule has 4 heteroatoms. The van der Waals surface area contributed by atoms with Gasteiger partial charge in [0, 0.05) is 25.3 Å². The van der Waals surface area contributed by atoms with E-state index in [1.165, 1.54) is 0 Å². The summed E-state index contributed by atoms with van der Waals surface area (Å²) in [7, 11) is 0. The first-order valence-corrected chi connectivity index (χ1v) is 7.92. The molecule has 2 aliphatic heterocycles. The predicted molar refractivity (Wildman–Crippen MR) is 79.9 cm³/mol. The molecule has 2 saturated heterocycles. The highest BCUT2D eigenvalue weighted by atomic mass is 16.2. The van der Waals surface area contributed by atoms with Crippen molar-refractivity contribution in [3.05, 3.63) is 24.0 Å². The molecule has 0 unspecified atom stereocenters. The van der Waals surface area contributed by atoms with Crippen molar-refractivity contribution in [3.8, 4) is 0 Å². The van der Waals surface area contributed by atoms with Crippen molar-refractivity contribution in [3.63, 3.8) is 0 Å². The molecule has 2 aliphatic rings. The van der Waals surface area contributed by atoms with E-state index >= 15 is 0 Å². The minimum absolute atomic E-state index is 0.223. The second-order valence-electron chi connectivity index (χ2n) is 6.26. The molecule has 1 aromatic heterocycles. The van der Waals surface area contributed by atoms with Crippen molar-refractivity contribution >= 4 is 5.91 Å². The largest absolute Gasteiger partial charge is 0.340 e. The molecule has 0 radical (unpaired) electrons. The van der Waals surface area contributed by atoms with Gasteiger partial charge in [0.15, 0.2) is 0 Å². The van der Waals surface area contributed by atoms with Crippen LogP contribution in [0.25, 0.3) is 0 Å². The summed E-state index contributed by atoms with van der Waals surface area (Å²) < 4.78 is 2.21. The Labute approximate surface area is 121 Å². The van der Waals surface area contributed by atoms with Gasteiger partial charge >= 0.3 is 0 Å². The van der Waals surface area contributed by atoms with Gasteiger partial charge in [-0.25, -0.2) is 0 Å². The van der Waals surface area contributed by atoms with Gasteiger partial charge in [0.2, 0.25) is 0 Å². The van der Waals surface area contributed by atoms with E-state index in [9.17, 15) is 4.79 Å². The lowest BCUT2D eigenvalue weighted by atomic mass is 9.99. The van der Waals surface area contributed by atoms with Gasteiger partial charge in [0.1, 0.15) is 5.69 Å². The molecule has 0 bridgehead atoms. The quantitative estimate of drug-likeness (QED) is 0.899. The van der Waals surface area contributed by atoms with Crippen LogP contribution in [0.1, 0.15) is 49.1 Å². The number of hydrogen-bond donors (Lipinski definition) is 1. The molecule has 1 amide bonds. The summed E-state index contributed by atoms with van der Waals surface area (Å²) >= 11 is 0. The van der Waals surface area contributed by atoms with Gasteiger partial charge in [-0.2, -0.15) is 0 Å². The van der Waals surface area contributed by atoms with E-state index in [-0.39, 0.29) is 5.91 Å². The number of carbonyl (C=O) groups is 1. The number of nitrogens with one attached hydrogen (secondary N) is 1. The molecule has 20 heavy (non-hydrogen) atoms. The highest BCUT2D eigenvalue weighted by molar-refractivity contribution is 5.92. The van der Waals surface area contributed by atoms with Gasteiger partial charge in [-0.05, 0) is 56.8 Å². The average Bonchev–Trinajstić information content (AvgIpc) is 2.97. The molecule has 0 saturated carbocycles. The Bertz CT molecular complexity index is 454. The van der Waals surface area contributed by atoms with Gasteiger partial charge in [0.05, 0.1) is 0 Å². The Morgan fingerprint density at radius 1 is 1.20 bits per heavy atom. The topological polar surface area (TPSA) is 37.3 Å². The number of amides is 1. The molecule has 110 valence electrons. The molecule has 0 atom stereocenters. The SMILES string of the molecule is CC1CCN(C(=O)c2cccn2C2CCNCC2)CC1. The van der Waals surface area contributed by atoms with E-state index in [1.54, 1.807) is 0 Å². The van der Waals surface area contributed by atoms with Crippen LogP contribution in [0.5, 0.6) is 0 Å². The van der Waals surface area contributed by atoms with Crippen LogP contribution in [-0.4, -0.2) is 41.6 Å². The van der Waals surface area contributed by atoms with E-state index < -0.39 is 0 Å². The second kappa shape index (κ2) is 6.00. The van der Waals surface area contributed by atoms with Crippen LogP contribution >= 0.6 is 0 Å². The Balaban J connectivity index is 1.73. The first-order valence-electron chi connectivity index (χ1n) is 7.92. The summed E-state index contributed by atoms with van der Waals surface area (Å²) in [6.07, 6.45) is 6.59. The zero-order valence-electron chi connectivity index (χ0n) is 12.3. The summed E-state index contributed by atoms with van der Waals surface area (Å²) in [5.41, 5.74) is 0.881. The van der Waals surface area contributed by atoms with Crippen molar-refractivity contribution in [2.24, 2.45) is 5.92 Å². The summed E-state index contributed by atoms with van der Waals surface area (Å²) in [6.45, 7) is 6.21.